The lowest BCUT2D eigenvalue weighted by Crippen LogP contribution is -2.44. The molecule has 0 aromatic carbocycles. The van der Waals surface area contributed by atoms with Gasteiger partial charge in [-0.2, -0.15) is 0 Å². The van der Waals surface area contributed by atoms with E-state index >= 15 is 0 Å². The molecule has 1 saturated heterocycles. The summed E-state index contributed by atoms with van der Waals surface area (Å²) in [5, 5.41) is 0. The molecule has 3 heteroatoms. The second-order valence-electron chi connectivity index (χ2n) is 5.13. The molecule has 1 rings (SSSR count). The van der Waals surface area contributed by atoms with Crippen molar-refractivity contribution >= 4 is 5.97 Å². The number of hydrogen-bond donors (Lipinski definition) is 0. The third-order valence-electron chi connectivity index (χ3n) is 2.07. The van der Waals surface area contributed by atoms with Crippen molar-refractivity contribution in [1.29, 1.82) is 0 Å². The van der Waals surface area contributed by atoms with Crippen molar-refractivity contribution < 1.29 is 14.3 Å². The number of esters is 1. The first kappa shape index (κ1) is 10.5. The van der Waals surface area contributed by atoms with E-state index in [0.29, 0.717) is 19.8 Å². The van der Waals surface area contributed by atoms with E-state index in [9.17, 15) is 4.79 Å². The zero-order valence-electron chi connectivity index (χ0n) is 8.85. The lowest BCUT2D eigenvalue weighted by atomic mass is 9.90. The van der Waals surface area contributed by atoms with Crippen LogP contribution in [0.1, 0.15) is 27.7 Å². The predicted octanol–water partition coefficient (Wildman–Crippen LogP) is 1.61. The summed E-state index contributed by atoms with van der Waals surface area (Å²) in [7, 11) is 0. The molecule has 0 aromatic heterocycles. The Morgan fingerprint density at radius 1 is 1.46 bits per heavy atom. The molecule has 1 aliphatic heterocycles. The van der Waals surface area contributed by atoms with Crippen LogP contribution in [0.3, 0.4) is 0 Å². The van der Waals surface area contributed by atoms with Gasteiger partial charge in [0.05, 0.1) is 18.6 Å². The van der Waals surface area contributed by atoms with Crippen molar-refractivity contribution in [2.45, 2.75) is 27.7 Å². The first-order valence-electron chi connectivity index (χ1n) is 4.58. The molecule has 0 radical (unpaired) electrons. The van der Waals surface area contributed by atoms with Crippen LogP contribution in [-0.4, -0.2) is 25.8 Å². The van der Waals surface area contributed by atoms with Crippen LogP contribution < -0.4 is 0 Å². The van der Waals surface area contributed by atoms with Crippen LogP contribution in [0.5, 0.6) is 0 Å². The maximum atomic E-state index is 11.4. The van der Waals surface area contributed by atoms with Gasteiger partial charge in [0.1, 0.15) is 6.61 Å². The minimum absolute atomic E-state index is 0.0565. The normalized spacial score (nSPS) is 20.6. The van der Waals surface area contributed by atoms with Gasteiger partial charge in [-0.1, -0.05) is 6.92 Å². The predicted molar refractivity (Wildman–Crippen MR) is 49.3 cm³/mol. The molecule has 0 unspecified atom stereocenters. The fraction of sp³-hybridized carbons (Fsp3) is 0.900. The summed E-state index contributed by atoms with van der Waals surface area (Å²) in [6, 6.07) is 0. The third kappa shape index (κ3) is 2.69. The van der Waals surface area contributed by atoms with Gasteiger partial charge < -0.3 is 9.47 Å². The fourth-order valence-corrected chi connectivity index (χ4v) is 0.990. The minimum Gasteiger partial charge on any atom is -0.465 e. The summed E-state index contributed by atoms with van der Waals surface area (Å²) in [5.41, 5.74) is -0.345. The number of ether oxygens (including phenoxy) is 2. The Hall–Kier alpha value is -0.570. The first-order chi connectivity index (χ1) is 5.83. The van der Waals surface area contributed by atoms with Crippen molar-refractivity contribution in [3.63, 3.8) is 0 Å². The lowest BCUT2D eigenvalue weighted by Gasteiger charge is -2.37. The van der Waals surface area contributed by atoms with Gasteiger partial charge in [0.15, 0.2) is 0 Å². The molecule has 0 N–H and O–H groups in total. The van der Waals surface area contributed by atoms with Gasteiger partial charge in [0.2, 0.25) is 0 Å². The maximum absolute atomic E-state index is 11.4. The molecule has 0 bridgehead atoms. The highest BCUT2D eigenvalue weighted by atomic mass is 16.5. The molecular formula is C10H18O3. The van der Waals surface area contributed by atoms with Gasteiger partial charge >= 0.3 is 5.97 Å². The molecule has 0 aromatic rings. The quantitative estimate of drug-likeness (QED) is 0.615. The van der Waals surface area contributed by atoms with Gasteiger partial charge in [-0.05, 0) is 20.8 Å². The Morgan fingerprint density at radius 2 is 2.00 bits per heavy atom. The molecule has 0 saturated carbocycles. The summed E-state index contributed by atoms with van der Waals surface area (Å²) in [4.78, 5) is 11.4. The highest BCUT2D eigenvalue weighted by Crippen LogP contribution is 2.27. The van der Waals surface area contributed by atoms with Crippen LogP contribution in [-0.2, 0) is 14.3 Å². The van der Waals surface area contributed by atoms with E-state index in [1.807, 2.05) is 20.8 Å². The molecular weight excluding hydrogens is 168 g/mol. The zero-order chi connectivity index (χ0) is 10.1. The third-order valence-corrected chi connectivity index (χ3v) is 2.07. The summed E-state index contributed by atoms with van der Waals surface area (Å²) in [6.07, 6.45) is 0. The van der Waals surface area contributed by atoms with E-state index in [4.69, 9.17) is 9.47 Å². The smallest absolute Gasteiger partial charge is 0.311 e. The Morgan fingerprint density at radius 3 is 2.31 bits per heavy atom. The monoisotopic (exact) mass is 186 g/mol. The van der Waals surface area contributed by atoms with Gasteiger partial charge in [-0.15, -0.1) is 0 Å². The largest absolute Gasteiger partial charge is 0.465 e. The number of carbonyl (C=O) groups is 1. The fourth-order valence-electron chi connectivity index (χ4n) is 0.990. The van der Waals surface area contributed by atoms with Crippen molar-refractivity contribution in [3.05, 3.63) is 0 Å². The summed E-state index contributed by atoms with van der Waals surface area (Å²) in [5.74, 6) is -0.138. The lowest BCUT2D eigenvalue weighted by molar-refractivity contribution is -0.172. The van der Waals surface area contributed by atoms with E-state index < -0.39 is 5.41 Å². The molecule has 76 valence electrons. The van der Waals surface area contributed by atoms with Crippen LogP contribution in [0.15, 0.2) is 0 Å². The van der Waals surface area contributed by atoms with Gasteiger partial charge in [-0.25, -0.2) is 0 Å². The molecule has 1 heterocycles. The Bertz CT molecular complexity index is 199. The number of carbonyl (C=O) groups excluding carboxylic acids is 1. The van der Waals surface area contributed by atoms with E-state index in [0.717, 1.165) is 0 Å². The molecule has 0 atom stereocenters. The van der Waals surface area contributed by atoms with Gasteiger partial charge in [-0.3, -0.25) is 4.79 Å². The topological polar surface area (TPSA) is 35.5 Å². The molecule has 0 amide bonds. The average Bonchev–Trinajstić information content (AvgIpc) is 1.94. The summed E-state index contributed by atoms with van der Waals surface area (Å²) < 4.78 is 10.3. The molecule has 1 aliphatic rings. The van der Waals surface area contributed by atoms with Crippen molar-refractivity contribution in [3.8, 4) is 0 Å². The zero-order valence-corrected chi connectivity index (χ0v) is 8.85. The standard InChI is InChI=1S/C10H18O3/c1-9(2,3)8(11)13-7-10(4)5-12-6-10/h5-7H2,1-4H3. The van der Waals surface area contributed by atoms with E-state index in [1.54, 1.807) is 0 Å². The van der Waals surface area contributed by atoms with Crippen LogP contribution >= 0.6 is 0 Å². The Labute approximate surface area is 79.4 Å². The van der Waals surface area contributed by atoms with E-state index in [1.165, 1.54) is 0 Å². The molecule has 13 heavy (non-hydrogen) atoms. The second kappa shape index (κ2) is 3.29. The Kier molecular flexibility index (Phi) is 2.66. The molecule has 0 aliphatic carbocycles. The number of rotatable bonds is 2. The molecule has 3 nitrogen and oxygen atoms in total. The highest BCUT2D eigenvalue weighted by Gasteiger charge is 2.36. The highest BCUT2D eigenvalue weighted by molar-refractivity contribution is 5.75. The Balaban J connectivity index is 2.30. The summed E-state index contributed by atoms with van der Waals surface area (Å²) >= 11 is 0. The van der Waals surface area contributed by atoms with Crippen molar-refractivity contribution in [2.24, 2.45) is 10.8 Å². The minimum atomic E-state index is -0.402. The number of hydrogen-bond acceptors (Lipinski definition) is 3. The van der Waals surface area contributed by atoms with Gasteiger partial charge in [0.25, 0.3) is 0 Å². The maximum Gasteiger partial charge on any atom is 0.311 e. The van der Waals surface area contributed by atoms with Crippen LogP contribution in [0, 0.1) is 10.8 Å². The first-order valence-corrected chi connectivity index (χ1v) is 4.58. The van der Waals surface area contributed by atoms with Gasteiger partial charge in [0, 0.05) is 5.41 Å². The molecule has 1 fully saturated rings. The average molecular weight is 186 g/mol. The van der Waals surface area contributed by atoms with Crippen molar-refractivity contribution in [2.75, 3.05) is 19.8 Å². The van der Waals surface area contributed by atoms with Crippen LogP contribution in [0.2, 0.25) is 0 Å². The van der Waals surface area contributed by atoms with E-state index in [-0.39, 0.29) is 11.4 Å². The van der Waals surface area contributed by atoms with Crippen LogP contribution in [0.4, 0.5) is 0 Å². The molecule has 0 spiro atoms. The van der Waals surface area contributed by atoms with E-state index in [2.05, 4.69) is 6.92 Å². The second-order valence-corrected chi connectivity index (χ2v) is 5.13. The summed E-state index contributed by atoms with van der Waals surface area (Å²) in [6.45, 7) is 9.50. The van der Waals surface area contributed by atoms with Crippen LogP contribution in [0.25, 0.3) is 0 Å². The van der Waals surface area contributed by atoms with Crippen molar-refractivity contribution in [1.82, 2.24) is 0 Å². The SMILES string of the molecule is CC1(COC(=O)C(C)(C)C)COC1.